The molecule has 4 heteroatoms. The van der Waals surface area contributed by atoms with Gasteiger partial charge in [-0.25, -0.2) is 0 Å². The van der Waals surface area contributed by atoms with Crippen LogP contribution < -0.4 is 0 Å². The van der Waals surface area contributed by atoms with E-state index in [2.05, 4.69) is 6.92 Å². The summed E-state index contributed by atoms with van der Waals surface area (Å²) in [4.78, 5) is 24.4. The second-order valence-corrected chi connectivity index (χ2v) is 4.93. The molecule has 0 spiro atoms. The number of ether oxygens (including phenoxy) is 1. The van der Waals surface area contributed by atoms with Crippen LogP contribution in [-0.4, -0.2) is 37.0 Å². The first-order valence-electron chi connectivity index (χ1n) is 7.51. The molecular formula is C15H29NO3. The highest BCUT2D eigenvalue weighted by Crippen LogP contribution is 2.09. The lowest BCUT2D eigenvalue weighted by Crippen LogP contribution is -2.32. The van der Waals surface area contributed by atoms with Crippen molar-refractivity contribution in [2.75, 3.05) is 20.2 Å². The Bertz CT molecular complexity index is 254. The van der Waals surface area contributed by atoms with Crippen LogP contribution in [0.15, 0.2) is 0 Å². The van der Waals surface area contributed by atoms with Crippen LogP contribution in [0, 0.1) is 0 Å². The third-order valence-electron chi connectivity index (χ3n) is 3.09. The molecular weight excluding hydrogens is 242 g/mol. The molecule has 0 atom stereocenters. The average molecular weight is 271 g/mol. The lowest BCUT2D eigenvalue weighted by molar-refractivity contribution is -0.148. The van der Waals surface area contributed by atoms with Crippen molar-refractivity contribution in [2.45, 2.75) is 65.2 Å². The normalized spacial score (nSPS) is 10.3. The summed E-state index contributed by atoms with van der Waals surface area (Å²) < 4.78 is 4.81. The van der Waals surface area contributed by atoms with Gasteiger partial charge in [-0.3, -0.25) is 9.59 Å². The third kappa shape index (κ3) is 10.5. The van der Waals surface area contributed by atoms with Gasteiger partial charge < -0.3 is 9.64 Å². The molecule has 0 unspecified atom stereocenters. The predicted octanol–water partition coefficient (Wildman–Crippen LogP) is 3.15. The fourth-order valence-corrected chi connectivity index (χ4v) is 1.91. The maximum Gasteiger partial charge on any atom is 0.325 e. The maximum atomic E-state index is 11.7. The fraction of sp³-hybridized carbons (Fsp3) is 0.867. The number of hydrogen-bond acceptors (Lipinski definition) is 3. The van der Waals surface area contributed by atoms with Gasteiger partial charge in [-0.05, 0) is 13.3 Å². The molecule has 19 heavy (non-hydrogen) atoms. The highest BCUT2D eigenvalue weighted by atomic mass is 16.5. The Morgan fingerprint density at radius 3 is 2.11 bits per heavy atom. The summed E-state index contributed by atoms with van der Waals surface area (Å²) in [7, 11) is 1.65. The van der Waals surface area contributed by atoms with Gasteiger partial charge in [0.1, 0.15) is 6.54 Å². The molecule has 0 saturated carbocycles. The summed E-state index contributed by atoms with van der Waals surface area (Å²) in [6.45, 7) is 4.39. The van der Waals surface area contributed by atoms with Crippen molar-refractivity contribution < 1.29 is 14.3 Å². The van der Waals surface area contributed by atoms with Crippen LogP contribution in [0.25, 0.3) is 0 Å². The number of amides is 1. The van der Waals surface area contributed by atoms with Gasteiger partial charge in [-0.15, -0.1) is 0 Å². The molecule has 0 aliphatic rings. The summed E-state index contributed by atoms with van der Waals surface area (Å²) in [6, 6.07) is 0. The van der Waals surface area contributed by atoms with Crippen LogP contribution in [0.3, 0.4) is 0 Å². The topological polar surface area (TPSA) is 46.6 Å². The molecule has 0 aliphatic heterocycles. The largest absolute Gasteiger partial charge is 0.465 e. The number of unbranched alkanes of at least 4 members (excludes halogenated alkanes) is 6. The lowest BCUT2D eigenvalue weighted by Gasteiger charge is -2.15. The molecule has 0 N–H and O–H groups in total. The monoisotopic (exact) mass is 271 g/mol. The van der Waals surface area contributed by atoms with Crippen molar-refractivity contribution in [3.63, 3.8) is 0 Å². The Morgan fingerprint density at radius 2 is 1.53 bits per heavy atom. The van der Waals surface area contributed by atoms with Gasteiger partial charge in [0.05, 0.1) is 6.61 Å². The number of rotatable bonds is 11. The van der Waals surface area contributed by atoms with E-state index in [0.717, 1.165) is 12.8 Å². The zero-order chi connectivity index (χ0) is 14.5. The number of esters is 1. The van der Waals surface area contributed by atoms with Gasteiger partial charge in [0.15, 0.2) is 0 Å². The molecule has 0 rings (SSSR count). The Balaban J connectivity index is 3.54. The number of nitrogens with zero attached hydrogens (tertiary/aromatic N) is 1. The first-order valence-corrected chi connectivity index (χ1v) is 7.51. The second-order valence-electron chi connectivity index (χ2n) is 4.93. The molecule has 0 radical (unpaired) electrons. The van der Waals surface area contributed by atoms with E-state index in [4.69, 9.17) is 4.74 Å². The molecule has 112 valence electrons. The van der Waals surface area contributed by atoms with Crippen LogP contribution in [0.4, 0.5) is 0 Å². The van der Waals surface area contributed by atoms with Crippen molar-refractivity contribution in [1.82, 2.24) is 4.90 Å². The van der Waals surface area contributed by atoms with Crippen LogP contribution in [0.1, 0.15) is 65.2 Å². The highest BCUT2D eigenvalue weighted by Gasteiger charge is 2.12. The van der Waals surface area contributed by atoms with E-state index in [1.807, 2.05) is 0 Å². The number of hydrogen-bond donors (Lipinski definition) is 0. The lowest BCUT2D eigenvalue weighted by atomic mass is 10.1. The van der Waals surface area contributed by atoms with Gasteiger partial charge in [0, 0.05) is 13.5 Å². The van der Waals surface area contributed by atoms with Crippen molar-refractivity contribution >= 4 is 11.9 Å². The molecule has 0 bridgehead atoms. The van der Waals surface area contributed by atoms with E-state index < -0.39 is 0 Å². The minimum atomic E-state index is -0.335. The van der Waals surface area contributed by atoms with Crippen LogP contribution in [0.5, 0.6) is 0 Å². The smallest absolute Gasteiger partial charge is 0.325 e. The van der Waals surface area contributed by atoms with Crippen LogP contribution >= 0.6 is 0 Å². The zero-order valence-corrected chi connectivity index (χ0v) is 12.7. The molecule has 1 amide bonds. The fourth-order valence-electron chi connectivity index (χ4n) is 1.91. The van der Waals surface area contributed by atoms with Crippen molar-refractivity contribution in [2.24, 2.45) is 0 Å². The molecule has 0 aliphatic carbocycles. The van der Waals surface area contributed by atoms with Crippen LogP contribution in [0.2, 0.25) is 0 Å². The standard InChI is InChI=1S/C15H29NO3/c1-4-6-7-8-9-10-11-12-14(17)16(3)13-15(18)19-5-2/h4-13H2,1-3H3. The van der Waals surface area contributed by atoms with Gasteiger partial charge in [-0.2, -0.15) is 0 Å². The molecule has 0 aromatic heterocycles. The molecule has 4 nitrogen and oxygen atoms in total. The summed E-state index contributed by atoms with van der Waals surface area (Å²) in [5, 5.41) is 0. The van der Waals surface area contributed by atoms with Gasteiger partial charge in [0.2, 0.25) is 5.91 Å². The Kier molecular flexibility index (Phi) is 11.3. The van der Waals surface area contributed by atoms with E-state index in [-0.39, 0.29) is 18.4 Å². The summed E-state index contributed by atoms with van der Waals surface area (Å²) in [5.74, 6) is -0.306. The summed E-state index contributed by atoms with van der Waals surface area (Å²) in [5.41, 5.74) is 0. The molecule has 0 heterocycles. The van der Waals surface area contributed by atoms with E-state index in [1.165, 1.54) is 37.0 Å². The third-order valence-corrected chi connectivity index (χ3v) is 3.09. The number of likely N-dealkylation sites (N-methyl/N-ethyl adjacent to an activating group) is 1. The van der Waals surface area contributed by atoms with Gasteiger partial charge in [-0.1, -0.05) is 45.4 Å². The van der Waals surface area contributed by atoms with Gasteiger partial charge >= 0.3 is 5.97 Å². The molecule has 0 aromatic rings. The van der Waals surface area contributed by atoms with Crippen molar-refractivity contribution in [3.8, 4) is 0 Å². The van der Waals surface area contributed by atoms with E-state index >= 15 is 0 Å². The molecule has 0 fully saturated rings. The average Bonchev–Trinajstić information content (AvgIpc) is 2.37. The summed E-state index contributed by atoms with van der Waals surface area (Å²) >= 11 is 0. The highest BCUT2D eigenvalue weighted by molar-refractivity contribution is 5.81. The first kappa shape index (κ1) is 17.9. The first-order chi connectivity index (χ1) is 9.11. The van der Waals surface area contributed by atoms with Gasteiger partial charge in [0.25, 0.3) is 0 Å². The Hall–Kier alpha value is -1.06. The SMILES string of the molecule is CCCCCCCCCC(=O)N(C)CC(=O)OCC. The Morgan fingerprint density at radius 1 is 0.947 bits per heavy atom. The number of carbonyl (C=O) groups excluding carboxylic acids is 2. The van der Waals surface area contributed by atoms with Crippen LogP contribution in [-0.2, 0) is 14.3 Å². The minimum Gasteiger partial charge on any atom is -0.465 e. The molecule has 0 aromatic carbocycles. The van der Waals surface area contributed by atoms with E-state index in [9.17, 15) is 9.59 Å². The zero-order valence-electron chi connectivity index (χ0n) is 12.7. The molecule has 0 saturated heterocycles. The minimum absolute atomic E-state index is 0.0293. The number of carbonyl (C=O) groups is 2. The van der Waals surface area contributed by atoms with Crippen molar-refractivity contribution in [3.05, 3.63) is 0 Å². The Labute approximate surface area is 117 Å². The quantitative estimate of drug-likeness (QED) is 0.428. The van der Waals surface area contributed by atoms with E-state index in [0.29, 0.717) is 13.0 Å². The second kappa shape index (κ2) is 12.0. The van der Waals surface area contributed by atoms with Crippen molar-refractivity contribution in [1.29, 1.82) is 0 Å². The van der Waals surface area contributed by atoms with E-state index in [1.54, 1.807) is 14.0 Å². The summed E-state index contributed by atoms with van der Waals surface area (Å²) in [6.07, 6.45) is 8.88. The predicted molar refractivity (Wildman–Crippen MR) is 76.9 cm³/mol. The maximum absolute atomic E-state index is 11.7.